The predicted molar refractivity (Wildman–Crippen MR) is 86.2 cm³/mol. The summed E-state index contributed by atoms with van der Waals surface area (Å²) in [5.41, 5.74) is 0. The molecule has 1 atom stereocenters. The van der Waals surface area contributed by atoms with Crippen molar-refractivity contribution in [1.82, 2.24) is 18.6 Å². The Labute approximate surface area is 137 Å². The van der Waals surface area contributed by atoms with Crippen molar-refractivity contribution < 1.29 is 13.2 Å². The molecule has 2 heterocycles. The molecule has 1 aliphatic heterocycles. The molecule has 1 saturated carbocycles. The number of anilines is 1. The van der Waals surface area contributed by atoms with Crippen LogP contribution in [0.5, 0.6) is 0 Å². The summed E-state index contributed by atoms with van der Waals surface area (Å²) in [5, 5.41) is 3.36. The van der Waals surface area contributed by atoms with Crippen LogP contribution >= 0.6 is 0 Å². The number of nitrogens with zero attached hydrogens (tertiary/aromatic N) is 4. The van der Waals surface area contributed by atoms with Crippen LogP contribution in [0.4, 0.5) is 5.82 Å². The summed E-state index contributed by atoms with van der Waals surface area (Å²) in [6, 6.07) is 1.78. The predicted octanol–water partition coefficient (Wildman–Crippen LogP) is 0.621. The lowest BCUT2D eigenvalue weighted by Crippen LogP contribution is -2.48. The number of aromatic nitrogens is 2. The Balaban J connectivity index is 1.84. The summed E-state index contributed by atoms with van der Waals surface area (Å²) in [7, 11) is -0.490. The number of morpholine rings is 1. The summed E-state index contributed by atoms with van der Waals surface area (Å²) >= 11 is 0. The second-order valence-corrected chi connectivity index (χ2v) is 8.16. The first-order chi connectivity index (χ1) is 11.0. The normalized spacial score (nSPS) is 23.7. The summed E-state index contributed by atoms with van der Waals surface area (Å²) < 4.78 is 33.1. The van der Waals surface area contributed by atoms with E-state index in [0.29, 0.717) is 25.0 Å². The third-order valence-corrected chi connectivity index (χ3v) is 6.22. The van der Waals surface area contributed by atoms with Crippen LogP contribution in [0.2, 0.25) is 0 Å². The standard InChI is InChI=1S/C14H23N5O3S/c1-18(2)23(20,21)19-8-9-22-10-12(19)14-15-7-6-13(17-14)16-11-4-3-5-11/h6-7,11-12H,3-5,8-10H2,1-2H3,(H,15,16,17)/t12-/m1/s1. The monoisotopic (exact) mass is 341 g/mol. The van der Waals surface area contributed by atoms with E-state index in [4.69, 9.17) is 4.74 Å². The van der Waals surface area contributed by atoms with Gasteiger partial charge in [-0.05, 0) is 25.3 Å². The molecule has 1 aromatic heterocycles. The maximum absolute atomic E-state index is 12.5. The molecule has 0 aromatic carbocycles. The third-order valence-electron chi connectivity index (χ3n) is 4.27. The van der Waals surface area contributed by atoms with Crippen LogP contribution < -0.4 is 5.32 Å². The number of hydrogen-bond acceptors (Lipinski definition) is 6. The zero-order chi connectivity index (χ0) is 16.4. The van der Waals surface area contributed by atoms with Gasteiger partial charge in [-0.2, -0.15) is 17.0 Å². The van der Waals surface area contributed by atoms with Crippen molar-refractivity contribution in [3.05, 3.63) is 18.1 Å². The fraction of sp³-hybridized carbons (Fsp3) is 0.714. The van der Waals surface area contributed by atoms with E-state index >= 15 is 0 Å². The van der Waals surface area contributed by atoms with Crippen molar-refractivity contribution in [1.29, 1.82) is 0 Å². The summed E-state index contributed by atoms with van der Waals surface area (Å²) in [6.07, 6.45) is 5.19. The largest absolute Gasteiger partial charge is 0.378 e. The molecule has 0 amide bonds. The van der Waals surface area contributed by atoms with Crippen LogP contribution in [0.25, 0.3) is 0 Å². The minimum Gasteiger partial charge on any atom is -0.378 e. The van der Waals surface area contributed by atoms with E-state index in [9.17, 15) is 8.42 Å². The van der Waals surface area contributed by atoms with Gasteiger partial charge in [0.2, 0.25) is 0 Å². The van der Waals surface area contributed by atoms with Crippen LogP contribution in [-0.4, -0.2) is 66.9 Å². The molecule has 3 rings (SSSR count). The van der Waals surface area contributed by atoms with Gasteiger partial charge in [-0.15, -0.1) is 0 Å². The highest BCUT2D eigenvalue weighted by molar-refractivity contribution is 7.86. The van der Waals surface area contributed by atoms with Crippen LogP contribution in [0, 0.1) is 0 Å². The second kappa shape index (κ2) is 6.68. The van der Waals surface area contributed by atoms with E-state index < -0.39 is 16.3 Å². The third kappa shape index (κ3) is 3.47. The number of ether oxygens (including phenoxy) is 1. The fourth-order valence-corrected chi connectivity index (χ4v) is 3.86. The molecule has 8 nitrogen and oxygen atoms in total. The van der Waals surface area contributed by atoms with Crippen LogP contribution in [0.3, 0.4) is 0 Å². The van der Waals surface area contributed by atoms with Crippen molar-refractivity contribution in [2.24, 2.45) is 0 Å². The number of nitrogens with one attached hydrogen (secondary N) is 1. The molecular formula is C14H23N5O3S. The Kier molecular flexibility index (Phi) is 4.81. The molecule has 128 valence electrons. The topological polar surface area (TPSA) is 87.7 Å². The van der Waals surface area contributed by atoms with Gasteiger partial charge < -0.3 is 10.1 Å². The van der Waals surface area contributed by atoms with E-state index in [1.165, 1.54) is 29.1 Å². The summed E-state index contributed by atoms with van der Waals surface area (Å²) in [6.45, 7) is 0.943. The molecule has 1 aliphatic carbocycles. The SMILES string of the molecule is CN(C)S(=O)(=O)N1CCOC[C@@H]1c1nccc(NC2CCC2)n1. The average Bonchev–Trinajstić information content (AvgIpc) is 2.51. The van der Waals surface area contributed by atoms with Gasteiger partial charge in [-0.3, -0.25) is 0 Å². The van der Waals surface area contributed by atoms with Gasteiger partial charge in [-0.25, -0.2) is 9.97 Å². The molecule has 0 bridgehead atoms. The molecule has 23 heavy (non-hydrogen) atoms. The van der Waals surface area contributed by atoms with Gasteiger partial charge in [-0.1, -0.05) is 0 Å². The Morgan fingerprint density at radius 3 is 2.83 bits per heavy atom. The molecular weight excluding hydrogens is 318 g/mol. The lowest BCUT2D eigenvalue weighted by molar-refractivity contribution is 0.0269. The highest BCUT2D eigenvalue weighted by Crippen LogP contribution is 2.27. The summed E-state index contributed by atoms with van der Waals surface area (Å²) in [5.74, 6) is 1.21. The van der Waals surface area contributed by atoms with Crippen molar-refractivity contribution >= 4 is 16.0 Å². The van der Waals surface area contributed by atoms with Gasteiger partial charge in [0.25, 0.3) is 10.2 Å². The maximum Gasteiger partial charge on any atom is 0.282 e. The average molecular weight is 341 g/mol. The van der Waals surface area contributed by atoms with Gasteiger partial charge in [0.05, 0.1) is 13.2 Å². The first-order valence-electron chi connectivity index (χ1n) is 7.85. The van der Waals surface area contributed by atoms with E-state index in [1.54, 1.807) is 6.20 Å². The summed E-state index contributed by atoms with van der Waals surface area (Å²) in [4.78, 5) is 8.80. The first kappa shape index (κ1) is 16.6. The smallest absolute Gasteiger partial charge is 0.282 e. The molecule has 1 N–H and O–H groups in total. The molecule has 9 heteroatoms. The number of hydrogen-bond donors (Lipinski definition) is 1. The van der Waals surface area contributed by atoms with Crippen molar-refractivity contribution in [2.45, 2.75) is 31.3 Å². The quantitative estimate of drug-likeness (QED) is 0.845. The highest BCUT2D eigenvalue weighted by Gasteiger charge is 2.37. The van der Waals surface area contributed by atoms with E-state index in [0.717, 1.165) is 18.7 Å². The zero-order valence-electron chi connectivity index (χ0n) is 13.5. The van der Waals surface area contributed by atoms with Crippen LogP contribution in [0.15, 0.2) is 12.3 Å². The van der Waals surface area contributed by atoms with E-state index in [1.807, 2.05) is 6.07 Å². The Hall–Kier alpha value is -1.29. The Bertz CT molecular complexity index is 648. The van der Waals surface area contributed by atoms with Crippen molar-refractivity contribution in [2.75, 3.05) is 39.2 Å². The second-order valence-electron chi connectivity index (χ2n) is 6.06. The number of rotatable bonds is 5. The lowest BCUT2D eigenvalue weighted by atomic mass is 9.93. The Morgan fingerprint density at radius 2 is 2.17 bits per heavy atom. The van der Waals surface area contributed by atoms with Crippen molar-refractivity contribution in [3.63, 3.8) is 0 Å². The van der Waals surface area contributed by atoms with E-state index in [-0.39, 0.29) is 6.61 Å². The van der Waals surface area contributed by atoms with E-state index in [2.05, 4.69) is 15.3 Å². The lowest BCUT2D eigenvalue weighted by Gasteiger charge is -2.35. The fourth-order valence-electron chi connectivity index (χ4n) is 2.65. The van der Waals surface area contributed by atoms with Gasteiger partial charge in [0.1, 0.15) is 11.9 Å². The van der Waals surface area contributed by atoms with Gasteiger partial charge in [0.15, 0.2) is 5.82 Å². The van der Waals surface area contributed by atoms with Crippen LogP contribution in [0.1, 0.15) is 31.1 Å². The molecule has 0 spiro atoms. The van der Waals surface area contributed by atoms with Crippen LogP contribution in [-0.2, 0) is 14.9 Å². The molecule has 1 saturated heterocycles. The van der Waals surface area contributed by atoms with Gasteiger partial charge in [0, 0.05) is 32.9 Å². The first-order valence-corrected chi connectivity index (χ1v) is 9.24. The van der Waals surface area contributed by atoms with Gasteiger partial charge >= 0.3 is 0 Å². The maximum atomic E-state index is 12.5. The molecule has 1 aromatic rings. The molecule has 2 aliphatic rings. The van der Waals surface area contributed by atoms with Crippen molar-refractivity contribution in [3.8, 4) is 0 Å². The Morgan fingerprint density at radius 1 is 1.39 bits per heavy atom. The zero-order valence-corrected chi connectivity index (χ0v) is 14.3. The molecule has 0 radical (unpaired) electrons. The molecule has 0 unspecified atom stereocenters. The minimum absolute atomic E-state index is 0.264. The highest BCUT2D eigenvalue weighted by atomic mass is 32.2. The molecule has 2 fully saturated rings. The minimum atomic E-state index is -3.54.